The Balaban J connectivity index is 2.17. The van der Waals surface area contributed by atoms with Crippen molar-refractivity contribution in [2.75, 3.05) is 0 Å². The van der Waals surface area contributed by atoms with Gasteiger partial charge in [0.25, 0.3) is 0 Å². The highest BCUT2D eigenvalue weighted by atomic mass is 79.9. The largest absolute Gasteiger partial charge is 0.294 e. The second-order valence-electron chi connectivity index (χ2n) is 5.22. The molecule has 1 aromatic rings. The smallest absolute Gasteiger partial charge is 0.167 e. The van der Waals surface area contributed by atoms with Gasteiger partial charge in [-0.3, -0.25) is 4.79 Å². The number of Topliss-reactive ketones (excluding diaryl/α,β-unsaturated/α-hetero) is 1. The average Bonchev–Trinajstić information content (AvgIpc) is 2.55. The quantitative estimate of drug-likeness (QED) is 0.617. The van der Waals surface area contributed by atoms with Gasteiger partial charge < -0.3 is 0 Å². The lowest BCUT2D eigenvalue weighted by Crippen LogP contribution is -2.26. The summed E-state index contributed by atoms with van der Waals surface area (Å²) in [5, 5.41) is 0. The first-order chi connectivity index (χ1) is 7.97. The van der Waals surface area contributed by atoms with E-state index in [1.165, 1.54) is 6.42 Å². The second-order valence-corrected chi connectivity index (χ2v) is 8.97. The van der Waals surface area contributed by atoms with E-state index in [2.05, 4.69) is 45.7 Å². The van der Waals surface area contributed by atoms with Gasteiger partial charge in [0.15, 0.2) is 5.78 Å². The standard InChI is InChI=1S/C13H16Br2OS/c1-7-3-8(2)5-9(4-7)12(16)10-6-11(14)17-13(10)15/h6-9H,3-5H2,1-2H3. The molecule has 0 radical (unpaired) electrons. The maximum Gasteiger partial charge on any atom is 0.167 e. The van der Waals surface area contributed by atoms with Crippen LogP contribution in [0.15, 0.2) is 13.6 Å². The summed E-state index contributed by atoms with van der Waals surface area (Å²) in [5.74, 6) is 1.88. The van der Waals surface area contributed by atoms with Crippen molar-refractivity contribution in [3.8, 4) is 0 Å². The molecule has 0 bridgehead atoms. The topological polar surface area (TPSA) is 17.1 Å². The molecule has 1 aromatic heterocycles. The Kier molecular flexibility index (Phi) is 4.48. The third kappa shape index (κ3) is 3.21. The molecule has 2 rings (SSSR count). The van der Waals surface area contributed by atoms with E-state index in [-0.39, 0.29) is 5.92 Å². The van der Waals surface area contributed by atoms with Crippen molar-refractivity contribution in [2.24, 2.45) is 17.8 Å². The van der Waals surface area contributed by atoms with Crippen molar-refractivity contribution in [3.63, 3.8) is 0 Å². The monoisotopic (exact) mass is 378 g/mol. The van der Waals surface area contributed by atoms with E-state index in [4.69, 9.17) is 0 Å². The molecule has 94 valence electrons. The van der Waals surface area contributed by atoms with Crippen molar-refractivity contribution >= 4 is 49.0 Å². The zero-order chi connectivity index (χ0) is 12.6. The van der Waals surface area contributed by atoms with E-state index in [9.17, 15) is 4.79 Å². The van der Waals surface area contributed by atoms with Gasteiger partial charge in [-0.15, -0.1) is 11.3 Å². The van der Waals surface area contributed by atoms with E-state index in [1.54, 1.807) is 11.3 Å². The number of ketones is 1. The molecular formula is C13H16Br2OS. The molecule has 0 aromatic carbocycles. The van der Waals surface area contributed by atoms with Crippen molar-refractivity contribution in [2.45, 2.75) is 33.1 Å². The summed E-state index contributed by atoms with van der Waals surface area (Å²) in [7, 11) is 0. The fourth-order valence-corrected chi connectivity index (χ4v) is 5.71. The first kappa shape index (κ1) is 13.8. The van der Waals surface area contributed by atoms with E-state index < -0.39 is 0 Å². The zero-order valence-corrected chi connectivity index (χ0v) is 14.0. The number of thiophene rings is 1. The minimum Gasteiger partial charge on any atom is -0.294 e. The van der Waals surface area contributed by atoms with Crippen LogP contribution in [-0.4, -0.2) is 5.78 Å². The summed E-state index contributed by atoms with van der Waals surface area (Å²) in [6.07, 6.45) is 3.35. The molecule has 1 heterocycles. The lowest BCUT2D eigenvalue weighted by atomic mass is 9.74. The summed E-state index contributed by atoms with van der Waals surface area (Å²) >= 11 is 8.49. The van der Waals surface area contributed by atoms with Crippen molar-refractivity contribution in [1.29, 1.82) is 0 Å². The lowest BCUT2D eigenvalue weighted by Gasteiger charge is -2.30. The van der Waals surface area contributed by atoms with Gasteiger partial charge in [0.05, 0.1) is 7.57 Å². The van der Waals surface area contributed by atoms with E-state index in [0.29, 0.717) is 17.6 Å². The zero-order valence-electron chi connectivity index (χ0n) is 10.0. The van der Waals surface area contributed by atoms with Crippen molar-refractivity contribution in [3.05, 3.63) is 19.2 Å². The minimum absolute atomic E-state index is 0.214. The summed E-state index contributed by atoms with van der Waals surface area (Å²) in [4.78, 5) is 12.5. The Bertz CT molecular complexity index is 417. The molecule has 0 saturated heterocycles. The first-order valence-electron chi connectivity index (χ1n) is 5.96. The maximum absolute atomic E-state index is 12.5. The van der Waals surface area contributed by atoms with E-state index in [0.717, 1.165) is 26.0 Å². The van der Waals surface area contributed by atoms with Crippen LogP contribution < -0.4 is 0 Å². The van der Waals surface area contributed by atoms with Crippen LogP contribution in [0.1, 0.15) is 43.5 Å². The van der Waals surface area contributed by atoms with Gasteiger partial charge in [-0.1, -0.05) is 13.8 Å². The van der Waals surface area contributed by atoms with Crippen LogP contribution in [0.25, 0.3) is 0 Å². The summed E-state index contributed by atoms with van der Waals surface area (Å²) in [5.41, 5.74) is 0.855. The number of rotatable bonds is 2. The Morgan fingerprint density at radius 1 is 1.24 bits per heavy atom. The van der Waals surface area contributed by atoms with Crippen LogP contribution >= 0.6 is 43.2 Å². The normalized spacial score (nSPS) is 29.3. The molecule has 0 N–H and O–H groups in total. The molecule has 1 aliphatic rings. The molecule has 17 heavy (non-hydrogen) atoms. The molecular weight excluding hydrogens is 364 g/mol. The third-order valence-electron chi connectivity index (χ3n) is 3.47. The van der Waals surface area contributed by atoms with Crippen LogP contribution in [0.2, 0.25) is 0 Å². The average molecular weight is 380 g/mol. The van der Waals surface area contributed by atoms with E-state index in [1.807, 2.05) is 6.07 Å². The van der Waals surface area contributed by atoms with Crippen LogP contribution in [0.5, 0.6) is 0 Å². The van der Waals surface area contributed by atoms with Gasteiger partial charge in [-0.05, 0) is 69.0 Å². The molecule has 0 aliphatic heterocycles. The maximum atomic E-state index is 12.5. The number of halogens is 2. The highest BCUT2D eigenvalue weighted by Crippen LogP contribution is 2.38. The highest BCUT2D eigenvalue weighted by Gasteiger charge is 2.30. The van der Waals surface area contributed by atoms with Gasteiger partial charge in [0.2, 0.25) is 0 Å². The summed E-state index contributed by atoms with van der Waals surface area (Å²) in [6.45, 7) is 4.52. The molecule has 1 nitrogen and oxygen atoms in total. The Morgan fingerprint density at radius 3 is 2.29 bits per heavy atom. The van der Waals surface area contributed by atoms with Crippen LogP contribution in [0, 0.1) is 17.8 Å². The molecule has 1 fully saturated rings. The van der Waals surface area contributed by atoms with E-state index >= 15 is 0 Å². The molecule has 1 aliphatic carbocycles. The second kappa shape index (κ2) is 5.54. The molecule has 4 heteroatoms. The van der Waals surface area contributed by atoms with Crippen molar-refractivity contribution in [1.82, 2.24) is 0 Å². The predicted molar refractivity (Wildman–Crippen MR) is 79.7 cm³/mol. The fraction of sp³-hybridized carbons (Fsp3) is 0.615. The Labute approximate surface area is 123 Å². The van der Waals surface area contributed by atoms with Crippen LogP contribution in [-0.2, 0) is 0 Å². The van der Waals surface area contributed by atoms with Crippen LogP contribution in [0.4, 0.5) is 0 Å². The third-order valence-corrected chi connectivity index (χ3v) is 5.81. The molecule has 2 unspecified atom stereocenters. The van der Waals surface area contributed by atoms with Gasteiger partial charge >= 0.3 is 0 Å². The number of carbonyl (C=O) groups is 1. The number of carbonyl (C=O) groups excluding carboxylic acids is 1. The van der Waals surface area contributed by atoms with Gasteiger partial charge in [0, 0.05) is 11.5 Å². The Hall–Kier alpha value is 0.330. The number of hydrogen-bond acceptors (Lipinski definition) is 2. The molecule has 0 spiro atoms. The highest BCUT2D eigenvalue weighted by molar-refractivity contribution is 9.12. The predicted octanol–water partition coefficient (Wildman–Crippen LogP) is 5.53. The SMILES string of the molecule is CC1CC(C)CC(C(=O)c2cc(Br)sc2Br)C1. The molecule has 0 amide bonds. The van der Waals surface area contributed by atoms with Gasteiger partial charge in [-0.25, -0.2) is 0 Å². The lowest BCUT2D eigenvalue weighted by molar-refractivity contribution is 0.0836. The molecule has 1 saturated carbocycles. The van der Waals surface area contributed by atoms with Crippen LogP contribution in [0.3, 0.4) is 0 Å². The summed E-state index contributed by atoms with van der Waals surface area (Å²) in [6, 6.07) is 1.95. The number of hydrogen-bond donors (Lipinski definition) is 0. The Morgan fingerprint density at radius 2 is 1.82 bits per heavy atom. The first-order valence-corrected chi connectivity index (χ1v) is 8.36. The summed E-state index contributed by atoms with van der Waals surface area (Å²) < 4.78 is 1.98. The van der Waals surface area contributed by atoms with Gasteiger partial charge in [0.1, 0.15) is 0 Å². The minimum atomic E-state index is 0.214. The van der Waals surface area contributed by atoms with Gasteiger partial charge in [-0.2, -0.15) is 0 Å². The van der Waals surface area contributed by atoms with Crippen molar-refractivity contribution < 1.29 is 4.79 Å². The molecule has 2 atom stereocenters. The fourth-order valence-electron chi connectivity index (χ4n) is 2.89.